The van der Waals surface area contributed by atoms with Crippen LogP contribution in [0.15, 0.2) is 24.3 Å². The van der Waals surface area contributed by atoms with Crippen molar-refractivity contribution in [2.45, 2.75) is 45.1 Å². The lowest BCUT2D eigenvalue weighted by atomic mass is 9.98. The molecule has 0 aliphatic heterocycles. The summed E-state index contributed by atoms with van der Waals surface area (Å²) in [6.45, 7) is 2.13. The molecule has 20 heavy (non-hydrogen) atoms. The van der Waals surface area contributed by atoms with Crippen molar-refractivity contribution < 1.29 is 0 Å². The maximum Gasteiger partial charge on any atom is 0.0624 e. The van der Waals surface area contributed by atoms with Crippen molar-refractivity contribution in [2.24, 2.45) is 12.8 Å². The summed E-state index contributed by atoms with van der Waals surface area (Å²) in [5.74, 6) is 0. The molecule has 106 valence electrons. The van der Waals surface area contributed by atoms with Gasteiger partial charge in [0.25, 0.3) is 0 Å². The third kappa shape index (κ3) is 2.50. The molecule has 1 aromatic carbocycles. The van der Waals surface area contributed by atoms with Crippen LogP contribution in [-0.2, 0) is 32.7 Å². The standard InChI is InChI=1S/C17H23N3/c1-3-15-10-16(20(2)19-15)11-17(18)14-8-7-12-5-4-6-13(12)9-14/h7-10,17H,3-6,11,18H2,1-2H3. The van der Waals surface area contributed by atoms with Crippen LogP contribution >= 0.6 is 0 Å². The zero-order valence-corrected chi connectivity index (χ0v) is 12.4. The second-order valence-electron chi connectivity index (χ2n) is 5.80. The molecule has 0 amide bonds. The number of benzene rings is 1. The van der Waals surface area contributed by atoms with Crippen LogP contribution in [0, 0.1) is 0 Å². The molecule has 2 aromatic rings. The molecule has 1 aliphatic carbocycles. The lowest BCUT2D eigenvalue weighted by molar-refractivity contribution is 0.637. The lowest BCUT2D eigenvalue weighted by Crippen LogP contribution is -2.15. The molecule has 3 nitrogen and oxygen atoms in total. The van der Waals surface area contributed by atoms with Crippen LogP contribution in [-0.4, -0.2) is 9.78 Å². The minimum atomic E-state index is 0.0565. The van der Waals surface area contributed by atoms with Gasteiger partial charge in [-0.15, -0.1) is 0 Å². The summed E-state index contributed by atoms with van der Waals surface area (Å²) in [5.41, 5.74) is 13.0. The molecule has 1 atom stereocenters. The van der Waals surface area contributed by atoms with Crippen LogP contribution in [0.4, 0.5) is 0 Å². The van der Waals surface area contributed by atoms with Gasteiger partial charge >= 0.3 is 0 Å². The third-order valence-corrected chi connectivity index (χ3v) is 4.37. The molecule has 2 N–H and O–H groups in total. The van der Waals surface area contributed by atoms with Crippen LogP contribution in [0.1, 0.15) is 47.5 Å². The van der Waals surface area contributed by atoms with Gasteiger partial charge in [-0.05, 0) is 48.4 Å². The maximum atomic E-state index is 6.40. The largest absolute Gasteiger partial charge is 0.324 e. The van der Waals surface area contributed by atoms with Gasteiger partial charge in [0.15, 0.2) is 0 Å². The van der Waals surface area contributed by atoms with E-state index in [2.05, 4.69) is 36.3 Å². The van der Waals surface area contributed by atoms with Crippen LogP contribution in [0.5, 0.6) is 0 Å². The maximum absolute atomic E-state index is 6.40. The summed E-state index contributed by atoms with van der Waals surface area (Å²) < 4.78 is 1.96. The van der Waals surface area contributed by atoms with Gasteiger partial charge in [-0.3, -0.25) is 4.68 Å². The molecule has 0 saturated carbocycles. The van der Waals surface area contributed by atoms with Gasteiger partial charge in [0, 0.05) is 25.2 Å². The number of aromatic nitrogens is 2. The molecule has 3 heteroatoms. The van der Waals surface area contributed by atoms with Crippen LogP contribution in [0.2, 0.25) is 0 Å². The van der Waals surface area contributed by atoms with Crippen molar-refractivity contribution in [3.63, 3.8) is 0 Å². The average Bonchev–Trinajstić information content (AvgIpc) is 3.04. The SMILES string of the molecule is CCc1cc(CC(N)c2ccc3c(c2)CCC3)n(C)n1. The normalized spacial score (nSPS) is 15.3. The molecule has 1 aromatic heterocycles. The fraction of sp³-hybridized carbons (Fsp3) is 0.471. The highest BCUT2D eigenvalue weighted by atomic mass is 15.3. The molecular formula is C17H23N3. The van der Waals surface area contributed by atoms with Crippen molar-refractivity contribution in [3.8, 4) is 0 Å². The van der Waals surface area contributed by atoms with Crippen molar-refractivity contribution in [1.82, 2.24) is 9.78 Å². The Kier molecular flexibility index (Phi) is 3.62. The molecule has 0 spiro atoms. The fourth-order valence-electron chi connectivity index (χ4n) is 3.10. The predicted octanol–water partition coefficient (Wildman–Crippen LogP) is 2.71. The van der Waals surface area contributed by atoms with Crippen LogP contribution in [0.25, 0.3) is 0 Å². The first-order valence-electron chi connectivity index (χ1n) is 7.56. The van der Waals surface area contributed by atoms with E-state index in [0.717, 1.165) is 18.5 Å². The Morgan fingerprint density at radius 3 is 2.80 bits per heavy atom. The van der Waals surface area contributed by atoms with Crippen molar-refractivity contribution >= 4 is 0 Å². The number of aryl methyl sites for hydroxylation is 4. The van der Waals surface area contributed by atoms with Gasteiger partial charge in [-0.2, -0.15) is 5.10 Å². The second-order valence-corrected chi connectivity index (χ2v) is 5.80. The highest BCUT2D eigenvalue weighted by molar-refractivity contribution is 5.36. The summed E-state index contributed by atoms with van der Waals surface area (Å²) in [4.78, 5) is 0. The lowest BCUT2D eigenvalue weighted by Gasteiger charge is -2.13. The summed E-state index contributed by atoms with van der Waals surface area (Å²) in [7, 11) is 2.00. The number of hydrogen-bond donors (Lipinski definition) is 1. The van der Waals surface area contributed by atoms with E-state index in [1.807, 2.05) is 11.7 Å². The second kappa shape index (κ2) is 5.41. The van der Waals surface area contributed by atoms with E-state index in [4.69, 9.17) is 5.73 Å². The Morgan fingerprint density at radius 2 is 2.05 bits per heavy atom. The average molecular weight is 269 g/mol. The van der Waals surface area contributed by atoms with Gasteiger partial charge in [0.2, 0.25) is 0 Å². The first kappa shape index (κ1) is 13.4. The molecule has 0 bridgehead atoms. The van der Waals surface area contributed by atoms with Gasteiger partial charge in [-0.1, -0.05) is 25.1 Å². The molecule has 0 radical (unpaired) electrons. The first-order valence-corrected chi connectivity index (χ1v) is 7.56. The van der Waals surface area contributed by atoms with Crippen molar-refractivity contribution in [1.29, 1.82) is 0 Å². The minimum absolute atomic E-state index is 0.0565. The Labute approximate surface area is 120 Å². The van der Waals surface area contributed by atoms with Crippen LogP contribution in [0.3, 0.4) is 0 Å². The number of nitrogens with zero attached hydrogens (tertiary/aromatic N) is 2. The molecule has 1 unspecified atom stereocenters. The highest BCUT2D eigenvalue weighted by Gasteiger charge is 2.15. The van der Waals surface area contributed by atoms with Crippen LogP contribution < -0.4 is 5.73 Å². The van der Waals surface area contributed by atoms with E-state index in [0.29, 0.717) is 0 Å². The van der Waals surface area contributed by atoms with Crippen molar-refractivity contribution in [3.05, 3.63) is 52.3 Å². The van der Waals surface area contributed by atoms with E-state index >= 15 is 0 Å². The first-order chi connectivity index (χ1) is 9.67. The molecular weight excluding hydrogens is 246 g/mol. The molecule has 0 saturated heterocycles. The monoisotopic (exact) mass is 269 g/mol. The molecule has 1 aliphatic rings. The number of nitrogens with two attached hydrogens (primary N) is 1. The summed E-state index contributed by atoms with van der Waals surface area (Å²) in [5, 5.41) is 4.49. The molecule has 1 heterocycles. The summed E-state index contributed by atoms with van der Waals surface area (Å²) in [6.07, 6.45) is 5.55. The van der Waals surface area contributed by atoms with Gasteiger partial charge in [-0.25, -0.2) is 0 Å². The number of rotatable bonds is 4. The third-order valence-electron chi connectivity index (χ3n) is 4.37. The van der Waals surface area contributed by atoms with E-state index in [9.17, 15) is 0 Å². The summed E-state index contributed by atoms with van der Waals surface area (Å²) >= 11 is 0. The van der Waals surface area contributed by atoms with Crippen molar-refractivity contribution in [2.75, 3.05) is 0 Å². The zero-order valence-electron chi connectivity index (χ0n) is 12.4. The highest BCUT2D eigenvalue weighted by Crippen LogP contribution is 2.26. The Hall–Kier alpha value is -1.61. The van der Waals surface area contributed by atoms with Gasteiger partial charge in [0.1, 0.15) is 0 Å². The Bertz CT molecular complexity index is 613. The smallest absolute Gasteiger partial charge is 0.0624 e. The molecule has 0 fully saturated rings. The van der Waals surface area contributed by atoms with E-state index in [1.54, 1.807) is 0 Å². The topological polar surface area (TPSA) is 43.8 Å². The quantitative estimate of drug-likeness (QED) is 0.927. The van der Waals surface area contributed by atoms with E-state index < -0.39 is 0 Å². The summed E-state index contributed by atoms with van der Waals surface area (Å²) in [6, 6.07) is 9.00. The Balaban J connectivity index is 1.78. The van der Waals surface area contributed by atoms with Gasteiger partial charge < -0.3 is 5.73 Å². The predicted molar refractivity (Wildman–Crippen MR) is 81.7 cm³/mol. The van der Waals surface area contributed by atoms with Gasteiger partial charge in [0.05, 0.1) is 5.69 Å². The number of fused-ring (bicyclic) bond motifs is 1. The zero-order chi connectivity index (χ0) is 14.1. The fourth-order valence-corrected chi connectivity index (χ4v) is 3.10. The minimum Gasteiger partial charge on any atom is -0.324 e. The van der Waals surface area contributed by atoms with E-state index in [-0.39, 0.29) is 6.04 Å². The Morgan fingerprint density at radius 1 is 1.25 bits per heavy atom. The number of hydrogen-bond acceptors (Lipinski definition) is 2. The van der Waals surface area contributed by atoms with E-state index in [1.165, 1.54) is 41.6 Å². The molecule has 3 rings (SSSR count).